The molecule has 2 fully saturated rings. The van der Waals surface area contributed by atoms with Gasteiger partial charge in [0.15, 0.2) is 0 Å². The fraction of sp³-hybridized carbons (Fsp3) is 0.857. The fourth-order valence-corrected chi connectivity index (χ4v) is 3.60. The van der Waals surface area contributed by atoms with E-state index in [0.717, 1.165) is 44.9 Å². The van der Waals surface area contributed by atoms with Gasteiger partial charge in [-0.05, 0) is 38.1 Å². The number of nitrogens with two attached hydrogens (primary N) is 2. The summed E-state index contributed by atoms with van der Waals surface area (Å²) in [4.78, 5) is 23.8. The molecule has 0 aliphatic heterocycles. The van der Waals surface area contributed by atoms with Crippen molar-refractivity contribution < 1.29 is 9.59 Å². The summed E-state index contributed by atoms with van der Waals surface area (Å²) < 4.78 is 0. The van der Waals surface area contributed by atoms with Crippen molar-refractivity contribution in [3.63, 3.8) is 0 Å². The molecule has 0 bridgehead atoms. The molecule has 2 aliphatic carbocycles. The summed E-state index contributed by atoms with van der Waals surface area (Å²) >= 11 is 0. The highest BCUT2D eigenvalue weighted by Crippen LogP contribution is 2.32. The molecule has 2 saturated carbocycles. The monoisotopic (exact) mass is 303 g/mol. The quantitative estimate of drug-likeness (QED) is 0.721. The van der Waals surface area contributed by atoms with Crippen LogP contribution >= 0.6 is 12.4 Å². The van der Waals surface area contributed by atoms with Crippen LogP contribution in [0.15, 0.2) is 0 Å². The summed E-state index contributed by atoms with van der Waals surface area (Å²) in [5.41, 5.74) is 11.1. The van der Waals surface area contributed by atoms with Crippen LogP contribution in [0.1, 0.15) is 44.9 Å². The lowest BCUT2D eigenvalue weighted by atomic mass is 9.83. The molecule has 2 unspecified atom stereocenters. The Labute approximate surface area is 126 Å². The van der Waals surface area contributed by atoms with Crippen molar-refractivity contribution in [1.82, 2.24) is 5.32 Å². The lowest BCUT2D eigenvalue weighted by Crippen LogP contribution is -2.49. The van der Waals surface area contributed by atoms with Gasteiger partial charge in [-0.1, -0.05) is 19.3 Å². The van der Waals surface area contributed by atoms with Crippen molar-refractivity contribution in [3.8, 4) is 0 Å². The van der Waals surface area contributed by atoms with Gasteiger partial charge in [-0.3, -0.25) is 9.59 Å². The Morgan fingerprint density at radius 3 is 2.30 bits per heavy atom. The van der Waals surface area contributed by atoms with E-state index in [9.17, 15) is 9.59 Å². The Bertz CT molecular complexity index is 351. The Hall–Kier alpha value is -0.810. The summed E-state index contributed by atoms with van der Waals surface area (Å²) in [7, 11) is 0. The highest BCUT2D eigenvalue weighted by Gasteiger charge is 2.36. The van der Waals surface area contributed by atoms with Gasteiger partial charge in [0.25, 0.3) is 0 Å². The van der Waals surface area contributed by atoms with E-state index < -0.39 is 0 Å². The van der Waals surface area contributed by atoms with Crippen LogP contribution in [0.2, 0.25) is 0 Å². The van der Waals surface area contributed by atoms with Crippen LogP contribution in [0, 0.1) is 17.8 Å². The summed E-state index contributed by atoms with van der Waals surface area (Å²) in [5.74, 6) is -0.0793. The SMILES string of the molecule is Cl.NC[C@H]1CCC[C@H]1C(=O)NC1CCCCC1C(N)=O. The van der Waals surface area contributed by atoms with E-state index in [2.05, 4.69) is 5.32 Å². The standard InChI is InChI=1S/C14H25N3O2.ClH/c15-8-9-4-3-6-10(9)14(19)17-12-7-2-1-5-11(12)13(16)18;/h9-12H,1-8,15H2,(H2,16,18)(H,17,19);1H/t9-,10-,11?,12?;/m1./s1. The van der Waals surface area contributed by atoms with Crippen LogP contribution in [0.4, 0.5) is 0 Å². The Morgan fingerprint density at radius 1 is 1.00 bits per heavy atom. The molecule has 20 heavy (non-hydrogen) atoms. The van der Waals surface area contributed by atoms with Gasteiger partial charge < -0.3 is 16.8 Å². The van der Waals surface area contributed by atoms with Gasteiger partial charge in [0.05, 0.1) is 5.92 Å². The average Bonchev–Trinajstić information content (AvgIpc) is 2.87. The van der Waals surface area contributed by atoms with Gasteiger partial charge in [0.2, 0.25) is 11.8 Å². The number of rotatable bonds is 4. The molecule has 5 N–H and O–H groups in total. The molecule has 0 aromatic carbocycles. The molecule has 0 spiro atoms. The molecule has 2 rings (SSSR count). The van der Waals surface area contributed by atoms with Crippen LogP contribution in [0.25, 0.3) is 0 Å². The number of halogens is 1. The van der Waals surface area contributed by atoms with Crippen LogP contribution in [-0.2, 0) is 9.59 Å². The molecule has 0 aromatic heterocycles. The molecular formula is C14H26ClN3O2. The molecule has 0 aromatic rings. The van der Waals surface area contributed by atoms with E-state index in [1.807, 2.05) is 0 Å². The largest absolute Gasteiger partial charge is 0.369 e. The molecule has 4 atom stereocenters. The first-order valence-electron chi connectivity index (χ1n) is 7.43. The minimum atomic E-state index is -0.285. The summed E-state index contributed by atoms with van der Waals surface area (Å²) in [6.45, 7) is 0.571. The van der Waals surface area contributed by atoms with E-state index in [-0.39, 0.29) is 42.1 Å². The lowest BCUT2D eigenvalue weighted by Gasteiger charge is -2.31. The van der Waals surface area contributed by atoms with Crippen LogP contribution < -0.4 is 16.8 Å². The van der Waals surface area contributed by atoms with E-state index in [1.54, 1.807) is 0 Å². The molecule has 0 heterocycles. The third kappa shape index (κ3) is 3.85. The van der Waals surface area contributed by atoms with Gasteiger partial charge in [-0.2, -0.15) is 0 Å². The Kier molecular flexibility index (Phi) is 6.76. The zero-order valence-electron chi connectivity index (χ0n) is 11.8. The van der Waals surface area contributed by atoms with E-state index in [0.29, 0.717) is 12.5 Å². The second kappa shape index (κ2) is 7.84. The number of primary amides is 1. The fourth-order valence-electron chi connectivity index (χ4n) is 3.60. The van der Waals surface area contributed by atoms with Gasteiger partial charge in [-0.25, -0.2) is 0 Å². The average molecular weight is 304 g/mol. The third-order valence-corrected chi connectivity index (χ3v) is 4.76. The van der Waals surface area contributed by atoms with Crippen molar-refractivity contribution in [2.45, 2.75) is 51.0 Å². The molecule has 6 heteroatoms. The molecule has 0 saturated heterocycles. The van der Waals surface area contributed by atoms with Crippen LogP contribution in [0.3, 0.4) is 0 Å². The minimum absolute atomic E-state index is 0. The highest BCUT2D eigenvalue weighted by molar-refractivity contribution is 5.85. The number of nitrogens with one attached hydrogen (secondary N) is 1. The first kappa shape index (κ1) is 17.2. The van der Waals surface area contributed by atoms with E-state index in [4.69, 9.17) is 11.5 Å². The van der Waals surface area contributed by atoms with Gasteiger partial charge in [0, 0.05) is 12.0 Å². The number of carbonyl (C=O) groups is 2. The van der Waals surface area contributed by atoms with Gasteiger partial charge in [-0.15, -0.1) is 12.4 Å². The second-order valence-corrected chi connectivity index (χ2v) is 5.94. The van der Waals surface area contributed by atoms with Crippen molar-refractivity contribution in [2.24, 2.45) is 29.2 Å². The maximum Gasteiger partial charge on any atom is 0.223 e. The van der Waals surface area contributed by atoms with Crippen molar-refractivity contribution in [1.29, 1.82) is 0 Å². The predicted octanol–water partition coefficient (Wildman–Crippen LogP) is 0.943. The Morgan fingerprint density at radius 2 is 1.65 bits per heavy atom. The molecular weight excluding hydrogens is 278 g/mol. The zero-order valence-corrected chi connectivity index (χ0v) is 12.7. The van der Waals surface area contributed by atoms with Crippen molar-refractivity contribution in [3.05, 3.63) is 0 Å². The minimum Gasteiger partial charge on any atom is -0.369 e. The van der Waals surface area contributed by atoms with Crippen molar-refractivity contribution in [2.75, 3.05) is 6.54 Å². The van der Waals surface area contributed by atoms with E-state index in [1.165, 1.54) is 0 Å². The number of carbonyl (C=O) groups excluding carboxylic acids is 2. The van der Waals surface area contributed by atoms with Crippen LogP contribution in [-0.4, -0.2) is 24.4 Å². The summed E-state index contributed by atoms with van der Waals surface area (Å²) in [5, 5.41) is 3.06. The zero-order chi connectivity index (χ0) is 13.8. The number of amides is 2. The molecule has 0 radical (unpaired) electrons. The molecule has 5 nitrogen and oxygen atoms in total. The lowest BCUT2D eigenvalue weighted by molar-refractivity contribution is -0.129. The topological polar surface area (TPSA) is 98.2 Å². The maximum absolute atomic E-state index is 12.3. The van der Waals surface area contributed by atoms with Gasteiger partial charge in [0.1, 0.15) is 0 Å². The van der Waals surface area contributed by atoms with Crippen molar-refractivity contribution >= 4 is 24.2 Å². The van der Waals surface area contributed by atoms with E-state index >= 15 is 0 Å². The second-order valence-electron chi connectivity index (χ2n) is 5.94. The summed E-state index contributed by atoms with van der Waals surface area (Å²) in [6.07, 6.45) is 6.77. The summed E-state index contributed by atoms with van der Waals surface area (Å²) in [6, 6.07) is -0.0715. The Balaban J connectivity index is 0.00000200. The molecule has 2 amide bonds. The molecule has 2 aliphatic rings. The number of hydrogen-bond acceptors (Lipinski definition) is 3. The first-order chi connectivity index (χ1) is 9.13. The van der Waals surface area contributed by atoms with Crippen LogP contribution in [0.5, 0.6) is 0 Å². The first-order valence-corrected chi connectivity index (χ1v) is 7.43. The highest BCUT2D eigenvalue weighted by atomic mass is 35.5. The maximum atomic E-state index is 12.3. The normalized spacial score (nSPS) is 33.2. The number of hydrogen-bond donors (Lipinski definition) is 3. The molecule has 116 valence electrons. The smallest absolute Gasteiger partial charge is 0.223 e. The predicted molar refractivity (Wildman–Crippen MR) is 80.2 cm³/mol. The third-order valence-electron chi connectivity index (χ3n) is 4.76. The van der Waals surface area contributed by atoms with Gasteiger partial charge >= 0.3 is 0 Å².